The molecule has 34 heavy (non-hydrogen) atoms. The Balaban J connectivity index is 1.46. The highest BCUT2D eigenvalue weighted by atomic mass is 19.2. The van der Waals surface area contributed by atoms with Gasteiger partial charge in [0.1, 0.15) is 12.7 Å². The number of fused-ring (bicyclic) bond motifs is 1. The third kappa shape index (κ3) is 7.11. The minimum Gasteiger partial charge on any atom is -0.488 e. The Morgan fingerprint density at radius 2 is 1.85 bits per heavy atom. The second-order valence-electron chi connectivity index (χ2n) is 9.34. The van der Waals surface area contributed by atoms with Crippen molar-refractivity contribution in [3.63, 3.8) is 0 Å². The van der Waals surface area contributed by atoms with Crippen molar-refractivity contribution in [1.82, 2.24) is 5.32 Å². The fraction of sp³-hybridized carbons (Fsp3) is 0.444. The van der Waals surface area contributed by atoms with Crippen molar-refractivity contribution in [3.05, 3.63) is 70.8 Å². The summed E-state index contributed by atoms with van der Waals surface area (Å²) in [5.41, 5.74) is 2.52. The van der Waals surface area contributed by atoms with Crippen LogP contribution in [0.1, 0.15) is 43.9 Å². The van der Waals surface area contributed by atoms with Crippen molar-refractivity contribution in [2.45, 2.75) is 51.7 Å². The zero-order valence-electron chi connectivity index (χ0n) is 19.9. The van der Waals surface area contributed by atoms with Gasteiger partial charge in [0.2, 0.25) is 5.82 Å². The first kappa shape index (κ1) is 25.8. The summed E-state index contributed by atoms with van der Waals surface area (Å²) in [6.07, 6.45) is 4.35. The molecule has 1 atom stereocenters. The van der Waals surface area contributed by atoms with Crippen LogP contribution in [0.5, 0.6) is 5.75 Å². The van der Waals surface area contributed by atoms with E-state index < -0.39 is 23.7 Å². The molecule has 0 aliphatic heterocycles. The van der Waals surface area contributed by atoms with Crippen LogP contribution in [-0.4, -0.2) is 42.5 Å². The van der Waals surface area contributed by atoms with E-state index in [4.69, 9.17) is 9.47 Å². The number of esters is 1. The summed E-state index contributed by atoms with van der Waals surface area (Å²) in [6, 6.07) is 11.1. The van der Waals surface area contributed by atoms with E-state index in [1.54, 1.807) is 6.92 Å². The third-order valence-electron chi connectivity index (χ3n) is 5.94. The molecule has 0 amide bonds. The zero-order chi connectivity index (χ0) is 24.7. The van der Waals surface area contributed by atoms with Crippen LogP contribution in [0.2, 0.25) is 0 Å². The van der Waals surface area contributed by atoms with Gasteiger partial charge in [-0.2, -0.15) is 4.39 Å². The van der Waals surface area contributed by atoms with Gasteiger partial charge in [0.15, 0.2) is 11.6 Å². The second kappa shape index (κ2) is 11.6. The molecule has 7 heteroatoms. The molecular weight excluding hydrogens is 440 g/mol. The molecule has 1 aliphatic carbocycles. The number of rotatable bonds is 11. The molecule has 2 N–H and O–H groups in total. The number of hydrogen-bond acceptors (Lipinski definition) is 5. The lowest BCUT2D eigenvalue weighted by Crippen LogP contribution is -2.46. The molecule has 184 valence electrons. The first-order valence-electron chi connectivity index (χ1n) is 11.6. The number of aliphatic hydroxyl groups is 1. The molecule has 2 aromatic carbocycles. The zero-order valence-corrected chi connectivity index (χ0v) is 19.9. The number of carbonyl (C=O) groups excluding carboxylic acids is 1. The van der Waals surface area contributed by atoms with Crippen molar-refractivity contribution in [2.24, 2.45) is 5.92 Å². The monoisotopic (exact) mass is 473 g/mol. The Morgan fingerprint density at radius 3 is 2.50 bits per heavy atom. The van der Waals surface area contributed by atoms with Crippen molar-refractivity contribution in [2.75, 3.05) is 19.8 Å². The van der Waals surface area contributed by atoms with Crippen LogP contribution in [0.25, 0.3) is 6.08 Å². The lowest BCUT2D eigenvalue weighted by molar-refractivity contribution is -0.137. The number of hydrogen-bond donors (Lipinski definition) is 2. The van der Waals surface area contributed by atoms with Crippen molar-refractivity contribution in [3.8, 4) is 5.75 Å². The average molecular weight is 474 g/mol. The van der Waals surface area contributed by atoms with Crippen LogP contribution in [0, 0.1) is 17.6 Å². The molecule has 1 aliphatic rings. The number of ether oxygens (including phenoxy) is 2. The molecular formula is C27H33F2NO4. The van der Waals surface area contributed by atoms with E-state index in [0.29, 0.717) is 5.92 Å². The first-order valence-corrected chi connectivity index (χ1v) is 11.6. The summed E-state index contributed by atoms with van der Waals surface area (Å²) in [7, 11) is 0. The van der Waals surface area contributed by atoms with E-state index in [1.165, 1.54) is 23.3 Å². The van der Waals surface area contributed by atoms with Gasteiger partial charge in [-0.3, -0.25) is 0 Å². The normalized spacial score (nSPS) is 14.9. The van der Waals surface area contributed by atoms with Gasteiger partial charge in [-0.15, -0.1) is 0 Å². The van der Waals surface area contributed by atoms with Crippen LogP contribution >= 0.6 is 0 Å². The summed E-state index contributed by atoms with van der Waals surface area (Å²) in [6.45, 7) is 6.11. The summed E-state index contributed by atoms with van der Waals surface area (Å²) in [5.74, 6) is -2.70. The maximum Gasteiger partial charge on any atom is 0.330 e. The molecule has 5 nitrogen and oxygen atoms in total. The maximum atomic E-state index is 14.4. The topological polar surface area (TPSA) is 67.8 Å². The smallest absolute Gasteiger partial charge is 0.330 e. The van der Waals surface area contributed by atoms with Gasteiger partial charge in [-0.1, -0.05) is 24.3 Å². The van der Waals surface area contributed by atoms with Crippen molar-refractivity contribution in [1.29, 1.82) is 0 Å². The SMILES string of the molecule is CCOC(=O)/C=C/c1ccc(OC[C@@H](O)CNC(C)(C)CC2Cc3ccccc3C2)c(F)c1F. The van der Waals surface area contributed by atoms with Gasteiger partial charge >= 0.3 is 5.97 Å². The standard InChI is InChI=1S/C27H33F2NO4/c1-4-33-24(32)12-10-19-9-11-23(26(29)25(19)28)34-17-22(31)16-30-27(2,3)15-18-13-20-7-5-6-8-21(20)14-18/h5-12,18,22,30-31H,4,13-17H2,1-3H3/b12-10+/t22-/m0/s1. The molecule has 0 bridgehead atoms. The third-order valence-corrected chi connectivity index (χ3v) is 5.94. The quantitative estimate of drug-likeness (QED) is 0.373. The molecule has 0 unspecified atom stereocenters. The molecule has 0 spiro atoms. The fourth-order valence-electron chi connectivity index (χ4n) is 4.36. The molecule has 0 heterocycles. The highest BCUT2D eigenvalue weighted by Crippen LogP contribution is 2.32. The predicted octanol–water partition coefficient (Wildman–Crippen LogP) is 4.45. The summed E-state index contributed by atoms with van der Waals surface area (Å²) < 4.78 is 38.7. The maximum absolute atomic E-state index is 14.4. The van der Waals surface area contributed by atoms with E-state index in [-0.39, 0.29) is 36.6 Å². The fourth-order valence-corrected chi connectivity index (χ4v) is 4.36. The Labute approximate surface area is 199 Å². The van der Waals surface area contributed by atoms with Crippen LogP contribution in [0.4, 0.5) is 8.78 Å². The van der Waals surface area contributed by atoms with Crippen LogP contribution in [-0.2, 0) is 22.4 Å². The molecule has 0 fully saturated rings. The van der Waals surface area contributed by atoms with E-state index >= 15 is 0 Å². The van der Waals surface area contributed by atoms with Gasteiger partial charge in [0, 0.05) is 23.7 Å². The molecule has 2 aromatic rings. The molecule has 0 radical (unpaired) electrons. The van der Waals surface area contributed by atoms with Gasteiger partial charge in [0.05, 0.1) is 6.61 Å². The summed E-state index contributed by atoms with van der Waals surface area (Å²) in [5, 5.41) is 13.7. The lowest BCUT2D eigenvalue weighted by atomic mass is 9.88. The Kier molecular flexibility index (Phi) is 8.80. The molecule has 3 rings (SSSR count). The minimum absolute atomic E-state index is 0.101. The van der Waals surface area contributed by atoms with E-state index in [1.807, 2.05) is 0 Å². The van der Waals surface area contributed by atoms with Gasteiger partial charge < -0.3 is 19.9 Å². The van der Waals surface area contributed by atoms with E-state index in [2.05, 4.69) is 43.4 Å². The van der Waals surface area contributed by atoms with E-state index in [9.17, 15) is 18.7 Å². The van der Waals surface area contributed by atoms with Gasteiger partial charge in [0.25, 0.3) is 0 Å². The largest absolute Gasteiger partial charge is 0.488 e. The summed E-state index contributed by atoms with van der Waals surface area (Å²) >= 11 is 0. The van der Waals surface area contributed by atoms with Crippen molar-refractivity contribution < 1.29 is 28.2 Å². The Morgan fingerprint density at radius 1 is 1.18 bits per heavy atom. The number of aliphatic hydroxyl groups excluding tert-OH is 1. The minimum atomic E-state index is -1.17. The highest BCUT2D eigenvalue weighted by Gasteiger charge is 2.28. The molecule has 0 aromatic heterocycles. The van der Waals surface area contributed by atoms with Crippen LogP contribution < -0.4 is 10.1 Å². The van der Waals surface area contributed by atoms with Crippen LogP contribution in [0.3, 0.4) is 0 Å². The van der Waals surface area contributed by atoms with Gasteiger partial charge in [-0.05, 0) is 75.3 Å². The van der Waals surface area contributed by atoms with Crippen LogP contribution in [0.15, 0.2) is 42.5 Å². The Bertz CT molecular complexity index is 997. The van der Waals surface area contributed by atoms with E-state index in [0.717, 1.165) is 31.4 Å². The number of benzene rings is 2. The number of carbonyl (C=O) groups is 1. The predicted molar refractivity (Wildman–Crippen MR) is 128 cm³/mol. The van der Waals surface area contributed by atoms with Gasteiger partial charge in [-0.25, -0.2) is 9.18 Å². The van der Waals surface area contributed by atoms with Crippen molar-refractivity contribution >= 4 is 12.0 Å². The number of halogens is 2. The first-order chi connectivity index (χ1) is 16.2. The second-order valence-corrected chi connectivity index (χ2v) is 9.34. The molecule has 0 saturated carbocycles. The molecule has 0 saturated heterocycles. The average Bonchev–Trinajstić information content (AvgIpc) is 3.19. The number of β-amino-alcohol motifs (C(OH)–C–C–N with tert-alkyl or cyclic N) is 1. The summed E-state index contributed by atoms with van der Waals surface area (Å²) in [4.78, 5) is 11.4. The highest BCUT2D eigenvalue weighted by molar-refractivity contribution is 5.87. The lowest BCUT2D eigenvalue weighted by Gasteiger charge is -2.30. The Hall–Kier alpha value is -2.77. The number of nitrogens with one attached hydrogen (secondary N) is 1.